The molecular weight excluding hydrogens is 428 g/mol. The summed E-state index contributed by atoms with van der Waals surface area (Å²) in [7, 11) is 1.66. The van der Waals surface area contributed by atoms with E-state index in [1.807, 2.05) is 41.4 Å². The molecule has 0 saturated heterocycles. The quantitative estimate of drug-likeness (QED) is 0.552. The SMILES string of the molecule is COc1ccc(C2CC(c3ccc(Cl)cc3)=NN2c2ncc(Br)cn2)cc1. The number of ether oxygens (including phenoxy) is 1. The predicted molar refractivity (Wildman–Crippen MR) is 111 cm³/mol. The molecule has 136 valence electrons. The van der Waals surface area contributed by atoms with Gasteiger partial charge in [0.25, 0.3) is 0 Å². The number of anilines is 1. The van der Waals surface area contributed by atoms with Crippen LogP contribution >= 0.6 is 27.5 Å². The van der Waals surface area contributed by atoms with E-state index < -0.39 is 0 Å². The second kappa shape index (κ2) is 7.66. The number of hydrogen-bond donors (Lipinski definition) is 0. The standard InChI is InChI=1S/C20H16BrClN4O/c1-27-17-8-4-14(5-9-17)19-10-18(13-2-6-16(22)7-3-13)25-26(19)20-23-11-15(21)12-24-20/h2-9,11-12,19H,10H2,1H3. The summed E-state index contributed by atoms with van der Waals surface area (Å²) in [5, 5.41) is 7.40. The smallest absolute Gasteiger partial charge is 0.246 e. The van der Waals surface area contributed by atoms with Crippen LogP contribution < -0.4 is 9.75 Å². The van der Waals surface area contributed by atoms with Crippen LogP contribution in [0.3, 0.4) is 0 Å². The summed E-state index contributed by atoms with van der Waals surface area (Å²) in [4.78, 5) is 8.85. The van der Waals surface area contributed by atoms with Gasteiger partial charge < -0.3 is 4.74 Å². The third kappa shape index (κ3) is 3.82. The molecule has 1 unspecified atom stereocenters. The van der Waals surface area contributed by atoms with Gasteiger partial charge in [0.2, 0.25) is 5.95 Å². The van der Waals surface area contributed by atoms with Crippen LogP contribution in [-0.2, 0) is 0 Å². The Balaban J connectivity index is 1.72. The van der Waals surface area contributed by atoms with Gasteiger partial charge in [-0.2, -0.15) is 5.10 Å². The van der Waals surface area contributed by atoms with E-state index in [9.17, 15) is 0 Å². The molecule has 3 aromatic rings. The molecule has 1 aromatic heterocycles. The second-order valence-electron chi connectivity index (χ2n) is 6.09. The number of halogens is 2. The van der Waals surface area contributed by atoms with Crippen molar-refractivity contribution in [2.45, 2.75) is 12.5 Å². The van der Waals surface area contributed by atoms with Crippen molar-refractivity contribution < 1.29 is 4.74 Å². The van der Waals surface area contributed by atoms with Crippen molar-refractivity contribution in [1.29, 1.82) is 0 Å². The molecule has 27 heavy (non-hydrogen) atoms. The van der Waals surface area contributed by atoms with Crippen molar-refractivity contribution in [3.63, 3.8) is 0 Å². The monoisotopic (exact) mass is 442 g/mol. The highest BCUT2D eigenvalue weighted by Crippen LogP contribution is 2.35. The Morgan fingerprint density at radius 1 is 1.04 bits per heavy atom. The normalized spacial score (nSPS) is 16.3. The molecule has 0 bridgehead atoms. The predicted octanol–water partition coefficient (Wildman–Crippen LogP) is 5.26. The summed E-state index contributed by atoms with van der Waals surface area (Å²) in [6, 6.07) is 15.7. The molecule has 0 saturated carbocycles. The minimum absolute atomic E-state index is 0.00256. The van der Waals surface area contributed by atoms with Gasteiger partial charge in [-0.15, -0.1) is 0 Å². The number of methoxy groups -OCH3 is 1. The zero-order chi connectivity index (χ0) is 18.8. The number of nitrogens with zero attached hydrogens (tertiary/aromatic N) is 4. The van der Waals surface area contributed by atoms with Crippen molar-refractivity contribution >= 4 is 39.2 Å². The van der Waals surface area contributed by atoms with Gasteiger partial charge in [0.15, 0.2) is 0 Å². The Kier molecular flexibility index (Phi) is 5.09. The molecular formula is C20H16BrClN4O. The molecule has 0 radical (unpaired) electrons. The Hall–Kier alpha value is -2.44. The maximum atomic E-state index is 6.02. The molecule has 0 amide bonds. The molecule has 0 fully saturated rings. The van der Waals surface area contributed by atoms with Crippen molar-refractivity contribution in [2.24, 2.45) is 5.10 Å². The van der Waals surface area contributed by atoms with Gasteiger partial charge in [-0.3, -0.25) is 0 Å². The van der Waals surface area contributed by atoms with Crippen molar-refractivity contribution in [3.05, 3.63) is 81.5 Å². The van der Waals surface area contributed by atoms with E-state index in [1.54, 1.807) is 19.5 Å². The maximum Gasteiger partial charge on any atom is 0.246 e. The Morgan fingerprint density at radius 3 is 2.33 bits per heavy atom. The van der Waals surface area contributed by atoms with Gasteiger partial charge >= 0.3 is 0 Å². The Morgan fingerprint density at radius 2 is 1.70 bits per heavy atom. The highest BCUT2D eigenvalue weighted by molar-refractivity contribution is 9.10. The van der Waals surface area contributed by atoms with Gasteiger partial charge in [-0.1, -0.05) is 35.9 Å². The third-order valence-corrected chi connectivity index (χ3v) is 5.06. The summed E-state index contributed by atoms with van der Waals surface area (Å²) in [5.74, 6) is 1.38. The van der Waals surface area contributed by atoms with Gasteiger partial charge in [0.1, 0.15) is 5.75 Å². The molecule has 5 nitrogen and oxygen atoms in total. The van der Waals surface area contributed by atoms with Crippen molar-refractivity contribution in [3.8, 4) is 5.75 Å². The third-order valence-electron chi connectivity index (χ3n) is 4.40. The van der Waals surface area contributed by atoms with E-state index in [-0.39, 0.29) is 6.04 Å². The number of hydrogen-bond acceptors (Lipinski definition) is 5. The highest BCUT2D eigenvalue weighted by Gasteiger charge is 2.31. The molecule has 1 aliphatic rings. The first-order valence-electron chi connectivity index (χ1n) is 8.38. The van der Waals surface area contributed by atoms with Crippen LogP contribution in [0, 0.1) is 0 Å². The summed E-state index contributed by atoms with van der Waals surface area (Å²) < 4.78 is 6.10. The largest absolute Gasteiger partial charge is 0.497 e. The fraction of sp³-hybridized carbons (Fsp3) is 0.150. The van der Waals surface area contributed by atoms with Crippen molar-refractivity contribution in [1.82, 2.24) is 9.97 Å². The topological polar surface area (TPSA) is 50.6 Å². The molecule has 1 aliphatic heterocycles. The number of aromatic nitrogens is 2. The van der Waals surface area contributed by atoms with Gasteiger partial charge in [-0.25, -0.2) is 15.0 Å². The first kappa shape index (κ1) is 17.9. The summed E-state index contributed by atoms with van der Waals surface area (Å²) in [6.07, 6.45) is 4.19. The van der Waals surface area contributed by atoms with E-state index in [1.165, 1.54) is 0 Å². The van der Waals surface area contributed by atoms with Crippen LogP contribution in [0.2, 0.25) is 5.02 Å². The molecule has 4 rings (SSSR count). The lowest BCUT2D eigenvalue weighted by molar-refractivity contribution is 0.414. The fourth-order valence-electron chi connectivity index (χ4n) is 3.02. The molecule has 1 atom stereocenters. The lowest BCUT2D eigenvalue weighted by atomic mass is 9.98. The average Bonchev–Trinajstić information content (AvgIpc) is 3.14. The van der Waals surface area contributed by atoms with Gasteiger partial charge in [0, 0.05) is 23.8 Å². The first-order valence-corrected chi connectivity index (χ1v) is 9.55. The van der Waals surface area contributed by atoms with Crippen LogP contribution in [0.15, 0.2) is 70.5 Å². The van der Waals surface area contributed by atoms with E-state index in [0.717, 1.165) is 33.5 Å². The van der Waals surface area contributed by atoms with Crippen LogP contribution in [0.4, 0.5) is 5.95 Å². The number of rotatable bonds is 4. The second-order valence-corrected chi connectivity index (χ2v) is 7.44. The first-order chi connectivity index (χ1) is 13.1. The van der Waals surface area contributed by atoms with E-state index >= 15 is 0 Å². The van der Waals surface area contributed by atoms with Crippen LogP contribution in [0.5, 0.6) is 5.75 Å². The molecule has 2 heterocycles. The van der Waals surface area contributed by atoms with E-state index in [2.05, 4.69) is 38.0 Å². The molecule has 0 spiro atoms. The summed E-state index contributed by atoms with van der Waals surface area (Å²) >= 11 is 9.40. The zero-order valence-corrected chi connectivity index (χ0v) is 16.9. The van der Waals surface area contributed by atoms with Gasteiger partial charge in [0.05, 0.1) is 23.3 Å². The number of hydrazone groups is 1. The lowest BCUT2D eigenvalue weighted by Gasteiger charge is -2.22. The van der Waals surface area contributed by atoms with E-state index in [4.69, 9.17) is 21.4 Å². The minimum atomic E-state index is 0.00256. The molecule has 0 aliphatic carbocycles. The fourth-order valence-corrected chi connectivity index (χ4v) is 3.35. The molecule has 2 aromatic carbocycles. The molecule has 0 N–H and O–H groups in total. The zero-order valence-electron chi connectivity index (χ0n) is 14.5. The Bertz CT molecular complexity index is 959. The average molecular weight is 444 g/mol. The Labute approximate surface area is 170 Å². The highest BCUT2D eigenvalue weighted by atomic mass is 79.9. The van der Waals surface area contributed by atoms with Crippen LogP contribution in [-0.4, -0.2) is 22.8 Å². The van der Waals surface area contributed by atoms with E-state index in [0.29, 0.717) is 11.0 Å². The van der Waals surface area contributed by atoms with Crippen LogP contribution in [0.25, 0.3) is 0 Å². The lowest BCUT2D eigenvalue weighted by Crippen LogP contribution is -2.20. The van der Waals surface area contributed by atoms with Crippen LogP contribution in [0.1, 0.15) is 23.6 Å². The summed E-state index contributed by atoms with van der Waals surface area (Å²) in [6.45, 7) is 0. The molecule has 7 heteroatoms. The van der Waals surface area contributed by atoms with Gasteiger partial charge in [-0.05, 0) is 51.3 Å². The number of benzene rings is 2. The van der Waals surface area contributed by atoms with Crippen molar-refractivity contribution in [2.75, 3.05) is 12.1 Å². The minimum Gasteiger partial charge on any atom is -0.497 e. The summed E-state index contributed by atoms with van der Waals surface area (Å²) in [5.41, 5.74) is 3.13. The maximum absolute atomic E-state index is 6.02.